The quantitative estimate of drug-likeness (QED) is 0.840. The maximum atomic E-state index is 12.8. The fraction of sp³-hybridized carbons (Fsp3) is 0.364. The van der Waals surface area contributed by atoms with E-state index in [2.05, 4.69) is 5.32 Å². The Kier molecular flexibility index (Phi) is 6.69. The van der Waals surface area contributed by atoms with Gasteiger partial charge in [0.25, 0.3) is 0 Å². The van der Waals surface area contributed by atoms with Crippen molar-refractivity contribution >= 4 is 18.3 Å². The van der Waals surface area contributed by atoms with Gasteiger partial charge in [0.15, 0.2) is 0 Å². The second kappa shape index (κ2) is 7.19. The van der Waals surface area contributed by atoms with Crippen molar-refractivity contribution in [2.45, 2.75) is 19.4 Å². The molecular weight excluding hydrogens is 231 g/mol. The molecule has 0 saturated heterocycles. The molecule has 0 aliphatic heterocycles. The van der Waals surface area contributed by atoms with E-state index in [1.807, 2.05) is 6.92 Å². The van der Waals surface area contributed by atoms with Crippen LogP contribution in [-0.2, 0) is 11.2 Å². The van der Waals surface area contributed by atoms with E-state index in [4.69, 9.17) is 5.73 Å². The maximum Gasteiger partial charge on any atom is 0.224 e. The third kappa shape index (κ3) is 5.09. The lowest BCUT2D eigenvalue weighted by molar-refractivity contribution is -0.120. The molecule has 1 atom stereocenters. The van der Waals surface area contributed by atoms with Crippen molar-refractivity contribution in [3.8, 4) is 0 Å². The summed E-state index contributed by atoms with van der Waals surface area (Å²) in [4.78, 5) is 11.4. The van der Waals surface area contributed by atoms with Gasteiger partial charge in [0.1, 0.15) is 5.82 Å². The van der Waals surface area contributed by atoms with Crippen LogP contribution in [-0.4, -0.2) is 18.5 Å². The van der Waals surface area contributed by atoms with Crippen LogP contribution in [0.4, 0.5) is 4.39 Å². The van der Waals surface area contributed by atoms with Gasteiger partial charge in [0, 0.05) is 12.6 Å². The predicted octanol–water partition coefficient (Wildman–Crippen LogP) is 1.25. The van der Waals surface area contributed by atoms with E-state index in [0.29, 0.717) is 12.1 Å². The summed E-state index contributed by atoms with van der Waals surface area (Å²) in [6, 6.07) is 5.96. The fourth-order valence-corrected chi connectivity index (χ4v) is 1.22. The summed E-state index contributed by atoms with van der Waals surface area (Å²) in [5.41, 5.74) is 6.03. The van der Waals surface area contributed by atoms with Gasteiger partial charge in [-0.1, -0.05) is 12.1 Å². The van der Waals surface area contributed by atoms with Crippen molar-refractivity contribution < 1.29 is 9.18 Å². The molecule has 90 valence electrons. The average Bonchev–Trinajstić information content (AvgIpc) is 2.17. The molecule has 0 heterocycles. The van der Waals surface area contributed by atoms with Gasteiger partial charge in [-0.2, -0.15) is 0 Å². The lowest BCUT2D eigenvalue weighted by atomic mass is 10.1. The number of amides is 1. The molecule has 0 radical (unpaired) electrons. The standard InChI is InChI=1S/C11H15FN2O.ClH/c1-8(7-13)14-11(15)6-9-3-2-4-10(12)5-9;/h2-5,8H,6-7,13H2,1H3,(H,14,15);1H/t8-;/m0./s1. The Labute approximate surface area is 101 Å². The van der Waals surface area contributed by atoms with E-state index >= 15 is 0 Å². The highest BCUT2D eigenvalue weighted by Crippen LogP contribution is 2.04. The Balaban J connectivity index is 0.00000225. The molecule has 0 aliphatic rings. The van der Waals surface area contributed by atoms with E-state index in [0.717, 1.165) is 0 Å². The second-order valence-electron chi connectivity index (χ2n) is 3.51. The van der Waals surface area contributed by atoms with Gasteiger partial charge < -0.3 is 11.1 Å². The van der Waals surface area contributed by atoms with Crippen LogP contribution in [0.3, 0.4) is 0 Å². The summed E-state index contributed by atoms with van der Waals surface area (Å²) in [7, 11) is 0. The molecule has 0 bridgehead atoms. The first-order valence-electron chi connectivity index (χ1n) is 4.85. The fourth-order valence-electron chi connectivity index (χ4n) is 1.22. The third-order valence-corrected chi connectivity index (χ3v) is 2.01. The van der Waals surface area contributed by atoms with Crippen LogP contribution in [0.5, 0.6) is 0 Å². The van der Waals surface area contributed by atoms with E-state index in [-0.39, 0.29) is 36.6 Å². The summed E-state index contributed by atoms with van der Waals surface area (Å²) < 4.78 is 12.8. The number of benzene rings is 1. The Morgan fingerprint density at radius 1 is 1.56 bits per heavy atom. The molecule has 0 aliphatic carbocycles. The topological polar surface area (TPSA) is 55.1 Å². The minimum atomic E-state index is -0.327. The van der Waals surface area contributed by atoms with Crippen LogP contribution in [0, 0.1) is 5.82 Å². The predicted molar refractivity (Wildman–Crippen MR) is 64.0 cm³/mol. The first-order chi connectivity index (χ1) is 7.11. The van der Waals surface area contributed by atoms with Crippen molar-refractivity contribution in [3.63, 3.8) is 0 Å². The lowest BCUT2D eigenvalue weighted by Crippen LogP contribution is -2.38. The zero-order valence-corrected chi connectivity index (χ0v) is 9.89. The van der Waals surface area contributed by atoms with Gasteiger partial charge in [-0.15, -0.1) is 12.4 Å². The highest BCUT2D eigenvalue weighted by atomic mass is 35.5. The molecule has 0 unspecified atom stereocenters. The SMILES string of the molecule is C[C@@H](CN)NC(=O)Cc1cccc(F)c1.Cl. The van der Waals surface area contributed by atoms with Crippen molar-refractivity contribution in [1.82, 2.24) is 5.32 Å². The summed E-state index contributed by atoms with van der Waals surface area (Å²) >= 11 is 0. The number of halogens is 2. The third-order valence-electron chi connectivity index (χ3n) is 2.01. The Morgan fingerprint density at radius 3 is 2.81 bits per heavy atom. The van der Waals surface area contributed by atoms with Crippen molar-refractivity contribution in [3.05, 3.63) is 35.6 Å². The van der Waals surface area contributed by atoms with Gasteiger partial charge >= 0.3 is 0 Å². The molecule has 3 nitrogen and oxygen atoms in total. The molecule has 0 aromatic heterocycles. The number of nitrogens with two attached hydrogens (primary N) is 1. The number of nitrogens with one attached hydrogen (secondary N) is 1. The Bertz CT molecular complexity index is 347. The van der Waals surface area contributed by atoms with Crippen molar-refractivity contribution in [1.29, 1.82) is 0 Å². The molecule has 0 fully saturated rings. The number of hydrogen-bond acceptors (Lipinski definition) is 2. The van der Waals surface area contributed by atoms with E-state index in [1.54, 1.807) is 12.1 Å². The van der Waals surface area contributed by atoms with Gasteiger partial charge in [-0.05, 0) is 24.6 Å². The smallest absolute Gasteiger partial charge is 0.224 e. The first kappa shape index (κ1) is 14.9. The minimum absolute atomic E-state index is 0. The van der Waals surface area contributed by atoms with E-state index < -0.39 is 0 Å². The van der Waals surface area contributed by atoms with Crippen LogP contribution in [0.1, 0.15) is 12.5 Å². The Hall–Kier alpha value is -1.13. The van der Waals surface area contributed by atoms with E-state index in [9.17, 15) is 9.18 Å². The lowest BCUT2D eigenvalue weighted by Gasteiger charge is -2.10. The molecule has 0 spiro atoms. The zero-order valence-electron chi connectivity index (χ0n) is 9.07. The molecule has 3 N–H and O–H groups in total. The summed E-state index contributed by atoms with van der Waals surface area (Å²) in [5.74, 6) is -0.467. The van der Waals surface area contributed by atoms with Crippen LogP contribution >= 0.6 is 12.4 Å². The summed E-state index contributed by atoms with van der Waals surface area (Å²) in [5, 5.41) is 2.71. The second-order valence-corrected chi connectivity index (χ2v) is 3.51. The number of hydrogen-bond donors (Lipinski definition) is 2. The number of carbonyl (C=O) groups excluding carboxylic acids is 1. The van der Waals surface area contributed by atoms with Crippen LogP contribution < -0.4 is 11.1 Å². The highest BCUT2D eigenvalue weighted by Gasteiger charge is 2.06. The molecule has 1 amide bonds. The molecule has 1 rings (SSSR count). The number of rotatable bonds is 4. The van der Waals surface area contributed by atoms with Crippen LogP contribution in [0.2, 0.25) is 0 Å². The summed E-state index contributed by atoms with van der Waals surface area (Å²) in [6.45, 7) is 2.22. The average molecular weight is 247 g/mol. The van der Waals surface area contributed by atoms with Crippen molar-refractivity contribution in [2.24, 2.45) is 5.73 Å². The van der Waals surface area contributed by atoms with Gasteiger partial charge in [0.05, 0.1) is 6.42 Å². The van der Waals surface area contributed by atoms with Crippen LogP contribution in [0.25, 0.3) is 0 Å². The van der Waals surface area contributed by atoms with E-state index in [1.165, 1.54) is 12.1 Å². The van der Waals surface area contributed by atoms with Gasteiger partial charge in [-0.25, -0.2) is 4.39 Å². The molecule has 1 aromatic rings. The molecule has 5 heteroatoms. The molecule has 16 heavy (non-hydrogen) atoms. The molecular formula is C11H16ClFN2O. The van der Waals surface area contributed by atoms with Crippen LogP contribution in [0.15, 0.2) is 24.3 Å². The van der Waals surface area contributed by atoms with Gasteiger partial charge in [-0.3, -0.25) is 4.79 Å². The minimum Gasteiger partial charge on any atom is -0.352 e. The molecule has 0 saturated carbocycles. The first-order valence-corrected chi connectivity index (χ1v) is 4.85. The summed E-state index contributed by atoms with van der Waals surface area (Å²) in [6.07, 6.45) is 0.183. The monoisotopic (exact) mass is 246 g/mol. The molecule has 1 aromatic carbocycles. The maximum absolute atomic E-state index is 12.8. The number of carbonyl (C=O) groups is 1. The van der Waals surface area contributed by atoms with Crippen molar-refractivity contribution in [2.75, 3.05) is 6.54 Å². The van der Waals surface area contributed by atoms with Gasteiger partial charge in [0.2, 0.25) is 5.91 Å². The Morgan fingerprint density at radius 2 is 2.25 bits per heavy atom. The highest BCUT2D eigenvalue weighted by molar-refractivity contribution is 5.85. The normalized spacial score (nSPS) is 11.4. The zero-order chi connectivity index (χ0) is 11.3. The largest absolute Gasteiger partial charge is 0.352 e.